The molecule has 1 atom stereocenters. The molecule has 9 nitrogen and oxygen atoms in total. The van der Waals surface area contributed by atoms with Crippen LogP contribution in [0.15, 0.2) is 91.0 Å². The number of nitrogens with one attached hydrogen (secondary N) is 1. The van der Waals surface area contributed by atoms with Gasteiger partial charge in [-0.05, 0) is 48.2 Å². The van der Waals surface area contributed by atoms with Crippen molar-refractivity contribution in [3.05, 3.63) is 91.0 Å². The quantitative estimate of drug-likeness (QED) is 0.201. The summed E-state index contributed by atoms with van der Waals surface area (Å²) in [6.45, 7) is 9.34. The van der Waals surface area contributed by atoms with Gasteiger partial charge in [0.1, 0.15) is 18.9 Å². The Morgan fingerprint density at radius 2 is 1.59 bits per heavy atom. The SMILES string of the molecule is CC(C)CC(NC(=O)Cn1nc(-c2cccc(OCCN3CCN(c4ccccc4)CC3)c2)cc1-c1ccccc1)B(O)O. The molecule has 44 heavy (non-hydrogen) atoms. The Labute approximate surface area is 260 Å². The first-order valence-electron chi connectivity index (χ1n) is 15.4. The molecular weight excluding hydrogens is 553 g/mol. The summed E-state index contributed by atoms with van der Waals surface area (Å²) >= 11 is 0. The third-order valence-corrected chi connectivity index (χ3v) is 7.87. The molecule has 1 fully saturated rings. The zero-order valence-corrected chi connectivity index (χ0v) is 25.5. The van der Waals surface area contributed by atoms with Gasteiger partial charge in [-0.15, -0.1) is 0 Å². The third-order valence-electron chi connectivity index (χ3n) is 7.87. The second kappa shape index (κ2) is 15.1. The van der Waals surface area contributed by atoms with Crippen LogP contribution in [0.3, 0.4) is 0 Å². The maximum absolute atomic E-state index is 13.0. The Morgan fingerprint density at radius 1 is 0.909 bits per heavy atom. The molecule has 0 spiro atoms. The molecule has 3 N–H and O–H groups in total. The van der Waals surface area contributed by atoms with Crippen LogP contribution in [0.25, 0.3) is 22.5 Å². The van der Waals surface area contributed by atoms with Gasteiger partial charge in [0.2, 0.25) is 5.91 Å². The zero-order valence-electron chi connectivity index (χ0n) is 25.5. The largest absolute Gasteiger partial charge is 0.492 e. The van der Waals surface area contributed by atoms with Gasteiger partial charge in [0.15, 0.2) is 0 Å². The molecule has 3 aromatic carbocycles. The summed E-state index contributed by atoms with van der Waals surface area (Å²) in [6.07, 6.45) is 0.454. The first kappa shape index (κ1) is 31.3. The molecule has 1 aliphatic rings. The summed E-state index contributed by atoms with van der Waals surface area (Å²) in [6, 6.07) is 30.2. The number of para-hydroxylation sites is 1. The van der Waals surface area contributed by atoms with Gasteiger partial charge in [0.25, 0.3) is 0 Å². The topological polar surface area (TPSA) is 103 Å². The lowest BCUT2D eigenvalue weighted by molar-refractivity contribution is -0.122. The molecule has 1 unspecified atom stereocenters. The van der Waals surface area contributed by atoms with Gasteiger partial charge in [0, 0.05) is 44.0 Å². The highest BCUT2D eigenvalue weighted by Crippen LogP contribution is 2.28. The predicted octanol–water partition coefficient (Wildman–Crippen LogP) is 3.96. The fraction of sp³-hybridized carbons (Fsp3) is 0.353. The molecule has 1 saturated heterocycles. The van der Waals surface area contributed by atoms with Crippen LogP contribution >= 0.6 is 0 Å². The van der Waals surface area contributed by atoms with Crippen LogP contribution in [-0.4, -0.2) is 83.0 Å². The van der Waals surface area contributed by atoms with Gasteiger partial charge in [-0.25, -0.2) is 0 Å². The molecule has 2 heterocycles. The summed E-state index contributed by atoms with van der Waals surface area (Å²) in [5.74, 6) is -0.124. The molecule has 5 rings (SSSR count). The number of hydrogen-bond donors (Lipinski definition) is 3. The Balaban J connectivity index is 1.23. The number of piperazine rings is 1. The van der Waals surface area contributed by atoms with Gasteiger partial charge < -0.3 is 25.0 Å². The molecule has 0 saturated carbocycles. The number of nitrogens with zero attached hydrogens (tertiary/aromatic N) is 4. The van der Waals surface area contributed by atoms with Crippen LogP contribution in [0.5, 0.6) is 5.75 Å². The van der Waals surface area contributed by atoms with Gasteiger partial charge in [0.05, 0.1) is 17.3 Å². The number of hydrogen-bond acceptors (Lipinski definition) is 7. The highest BCUT2D eigenvalue weighted by Gasteiger charge is 2.26. The minimum atomic E-state index is -1.63. The van der Waals surface area contributed by atoms with Gasteiger partial charge in [-0.2, -0.15) is 5.10 Å². The molecule has 1 aromatic heterocycles. The molecule has 230 valence electrons. The monoisotopic (exact) mass is 595 g/mol. The van der Waals surface area contributed by atoms with Crippen LogP contribution in [-0.2, 0) is 11.3 Å². The summed E-state index contributed by atoms with van der Waals surface area (Å²) in [5.41, 5.74) is 4.61. The van der Waals surface area contributed by atoms with E-state index in [4.69, 9.17) is 9.84 Å². The number of ether oxygens (including phenoxy) is 1. The zero-order chi connectivity index (χ0) is 30.9. The smallest absolute Gasteiger partial charge is 0.475 e. The molecule has 0 bridgehead atoms. The number of carbonyl (C=O) groups is 1. The van der Waals surface area contributed by atoms with Gasteiger partial charge >= 0.3 is 7.12 Å². The molecule has 1 amide bonds. The Hall–Kier alpha value is -4.12. The molecule has 4 aromatic rings. The minimum absolute atomic E-state index is 0.0563. The van der Waals surface area contributed by atoms with Gasteiger partial charge in [-0.3, -0.25) is 14.4 Å². The lowest BCUT2D eigenvalue weighted by atomic mass is 9.75. The summed E-state index contributed by atoms with van der Waals surface area (Å²) in [4.78, 5) is 17.9. The van der Waals surface area contributed by atoms with E-state index in [2.05, 4.69) is 45.4 Å². The Kier molecular flexibility index (Phi) is 10.7. The number of benzene rings is 3. The average Bonchev–Trinajstić information content (AvgIpc) is 3.45. The molecule has 0 aliphatic carbocycles. The number of anilines is 1. The van der Waals surface area contributed by atoms with E-state index in [1.807, 2.05) is 74.5 Å². The highest BCUT2D eigenvalue weighted by molar-refractivity contribution is 6.43. The Bertz CT molecular complexity index is 1470. The molecule has 1 aliphatic heterocycles. The third kappa shape index (κ3) is 8.50. The van der Waals surface area contributed by atoms with E-state index in [0.29, 0.717) is 13.0 Å². The standard InChI is InChI=1S/C34H42BN5O4/c1-26(2)22-33(35(42)43)36-34(41)25-40-32(27-10-5-3-6-11-27)24-31(37-40)28-12-9-15-30(23-28)44-21-20-38-16-18-39(19-17-38)29-13-7-4-8-14-29/h3-15,23-24,26,33,42-43H,16-22,25H2,1-2H3,(H,36,41). The van der Waals surface area contributed by atoms with Crippen molar-refractivity contribution < 1.29 is 19.6 Å². The van der Waals surface area contributed by atoms with Crippen molar-refractivity contribution in [3.63, 3.8) is 0 Å². The van der Waals surface area contributed by atoms with Crippen molar-refractivity contribution in [1.82, 2.24) is 20.0 Å². The predicted molar refractivity (Wildman–Crippen MR) is 175 cm³/mol. The number of aromatic nitrogens is 2. The fourth-order valence-electron chi connectivity index (χ4n) is 5.58. The first-order chi connectivity index (χ1) is 21.4. The van der Waals surface area contributed by atoms with Crippen LogP contribution in [0, 0.1) is 5.92 Å². The molecule has 0 radical (unpaired) electrons. The van der Waals surface area contributed by atoms with Crippen molar-refractivity contribution in [3.8, 4) is 28.3 Å². The lowest BCUT2D eigenvalue weighted by Crippen LogP contribution is -2.48. The maximum atomic E-state index is 13.0. The lowest BCUT2D eigenvalue weighted by Gasteiger charge is -2.36. The summed E-state index contributed by atoms with van der Waals surface area (Å²) in [7, 11) is -1.63. The van der Waals surface area contributed by atoms with Gasteiger partial charge in [-0.1, -0.05) is 74.5 Å². The second-order valence-electron chi connectivity index (χ2n) is 11.7. The normalized spacial score (nSPS) is 14.4. The van der Waals surface area contributed by atoms with E-state index >= 15 is 0 Å². The van der Waals surface area contributed by atoms with E-state index in [9.17, 15) is 14.8 Å². The van der Waals surface area contributed by atoms with E-state index in [-0.39, 0.29) is 18.4 Å². The van der Waals surface area contributed by atoms with E-state index < -0.39 is 13.1 Å². The Morgan fingerprint density at radius 3 is 2.27 bits per heavy atom. The average molecular weight is 596 g/mol. The summed E-state index contributed by atoms with van der Waals surface area (Å²) in [5, 5.41) is 27.1. The van der Waals surface area contributed by atoms with Crippen molar-refractivity contribution in [2.75, 3.05) is 44.2 Å². The second-order valence-corrected chi connectivity index (χ2v) is 11.7. The molecular formula is C34H42BN5O4. The number of carbonyl (C=O) groups excluding carboxylic acids is 1. The maximum Gasteiger partial charge on any atom is 0.475 e. The van der Waals surface area contributed by atoms with Crippen molar-refractivity contribution >= 4 is 18.7 Å². The van der Waals surface area contributed by atoms with E-state index in [0.717, 1.165) is 61.0 Å². The highest BCUT2D eigenvalue weighted by atomic mass is 16.5. The summed E-state index contributed by atoms with van der Waals surface area (Å²) < 4.78 is 7.83. The van der Waals surface area contributed by atoms with Crippen LogP contribution < -0.4 is 15.0 Å². The van der Waals surface area contributed by atoms with Crippen LogP contribution in [0.2, 0.25) is 0 Å². The van der Waals surface area contributed by atoms with E-state index in [1.165, 1.54) is 5.69 Å². The molecule has 10 heteroatoms. The van der Waals surface area contributed by atoms with Crippen molar-refractivity contribution in [2.45, 2.75) is 32.8 Å². The number of amides is 1. The fourth-order valence-corrected chi connectivity index (χ4v) is 5.58. The van der Waals surface area contributed by atoms with Crippen LogP contribution in [0.1, 0.15) is 20.3 Å². The minimum Gasteiger partial charge on any atom is -0.492 e. The van der Waals surface area contributed by atoms with Crippen molar-refractivity contribution in [1.29, 1.82) is 0 Å². The first-order valence-corrected chi connectivity index (χ1v) is 15.4. The van der Waals surface area contributed by atoms with Crippen LogP contribution in [0.4, 0.5) is 5.69 Å². The van der Waals surface area contributed by atoms with Crippen molar-refractivity contribution in [2.24, 2.45) is 5.92 Å². The number of rotatable bonds is 13. The van der Waals surface area contributed by atoms with E-state index in [1.54, 1.807) is 4.68 Å².